The first kappa shape index (κ1) is 11.5. The summed E-state index contributed by atoms with van der Waals surface area (Å²) in [6.07, 6.45) is 2.90. The van der Waals surface area contributed by atoms with Crippen molar-refractivity contribution in [2.75, 3.05) is 32.8 Å². The molecule has 1 aliphatic heterocycles. The SMILES string of the molecule is N=C(N)/C=C\NCC(=O)N1CCOCC1. The second-order valence-electron chi connectivity index (χ2n) is 3.16. The van der Waals surface area contributed by atoms with Crippen LogP contribution in [0.2, 0.25) is 0 Å². The van der Waals surface area contributed by atoms with Crippen LogP contribution in [0, 0.1) is 5.41 Å². The van der Waals surface area contributed by atoms with Gasteiger partial charge in [0.15, 0.2) is 0 Å². The summed E-state index contributed by atoms with van der Waals surface area (Å²) in [7, 11) is 0. The number of nitrogens with zero attached hydrogens (tertiary/aromatic N) is 1. The second kappa shape index (κ2) is 6.02. The van der Waals surface area contributed by atoms with Crippen molar-refractivity contribution in [3.05, 3.63) is 12.3 Å². The molecular weight excluding hydrogens is 196 g/mol. The number of nitrogens with two attached hydrogens (primary N) is 1. The molecule has 0 aromatic carbocycles. The molecule has 0 aliphatic carbocycles. The molecule has 0 atom stereocenters. The van der Waals surface area contributed by atoms with Gasteiger partial charge in [0.1, 0.15) is 5.84 Å². The van der Waals surface area contributed by atoms with Gasteiger partial charge in [-0.3, -0.25) is 10.2 Å². The van der Waals surface area contributed by atoms with Gasteiger partial charge >= 0.3 is 0 Å². The van der Waals surface area contributed by atoms with Gasteiger partial charge in [0, 0.05) is 19.3 Å². The van der Waals surface area contributed by atoms with Gasteiger partial charge in [-0.05, 0) is 6.08 Å². The molecule has 0 aromatic heterocycles. The largest absolute Gasteiger partial charge is 0.384 e. The van der Waals surface area contributed by atoms with E-state index in [2.05, 4.69) is 5.32 Å². The summed E-state index contributed by atoms with van der Waals surface area (Å²) in [5, 5.41) is 9.70. The molecule has 1 heterocycles. The molecule has 0 unspecified atom stereocenters. The Balaban J connectivity index is 2.20. The van der Waals surface area contributed by atoms with E-state index in [0.717, 1.165) is 0 Å². The number of amides is 1. The van der Waals surface area contributed by atoms with E-state index in [1.807, 2.05) is 0 Å². The van der Waals surface area contributed by atoms with Crippen LogP contribution in [0.15, 0.2) is 12.3 Å². The number of carbonyl (C=O) groups excluding carboxylic acids is 1. The van der Waals surface area contributed by atoms with Gasteiger partial charge in [0.25, 0.3) is 0 Å². The molecule has 1 rings (SSSR count). The third kappa shape index (κ3) is 4.46. The fourth-order valence-corrected chi connectivity index (χ4v) is 1.22. The number of hydrogen-bond donors (Lipinski definition) is 3. The maximum Gasteiger partial charge on any atom is 0.242 e. The van der Waals surface area contributed by atoms with Crippen LogP contribution in [0.4, 0.5) is 0 Å². The minimum absolute atomic E-state index is 0.0338. The van der Waals surface area contributed by atoms with Crippen molar-refractivity contribution in [3.63, 3.8) is 0 Å². The monoisotopic (exact) mass is 212 g/mol. The quantitative estimate of drug-likeness (QED) is 0.407. The molecule has 0 aromatic rings. The van der Waals surface area contributed by atoms with E-state index in [-0.39, 0.29) is 18.3 Å². The van der Waals surface area contributed by atoms with E-state index >= 15 is 0 Å². The molecule has 4 N–H and O–H groups in total. The van der Waals surface area contributed by atoms with E-state index < -0.39 is 0 Å². The minimum Gasteiger partial charge on any atom is -0.384 e. The van der Waals surface area contributed by atoms with Crippen LogP contribution >= 0.6 is 0 Å². The van der Waals surface area contributed by atoms with Crippen molar-refractivity contribution in [1.29, 1.82) is 5.41 Å². The lowest BCUT2D eigenvalue weighted by Crippen LogP contribution is -2.44. The number of morpholine rings is 1. The van der Waals surface area contributed by atoms with Crippen LogP contribution in [0.1, 0.15) is 0 Å². The predicted octanol–water partition coefficient (Wildman–Crippen LogP) is -1.12. The van der Waals surface area contributed by atoms with E-state index in [9.17, 15) is 4.79 Å². The van der Waals surface area contributed by atoms with Gasteiger partial charge in [-0.1, -0.05) is 0 Å². The van der Waals surface area contributed by atoms with Crippen molar-refractivity contribution in [1.82, 2.24) is 10.2 Å². The van der Waals surface area contributed by atoms with Crippen LogP contribution in [-0.2, 0) is 9.53 Å². The topological polar surface area (TPSA) is 91.4 Å². The number of ether oxygens (including phenoxy) is 1. The Morgan fingerprint density at radius 2 is 2.20 bits per heavy atom. The Hall–Kier alpha value is -1.56. The molecule has 84 valence electrons. The first-order valence-electron chi connectivity index (χ1n) is 4.79. The van der Waals surface area contributed by atoms with Gasteiger partial charge in [-0.25, -0.2) is 0 Å². The molecular formula is C9H16N4O2. The predicted molar refractivity (Wildman–Crippen MR) is 56.5 cm³/mol. The molecule has 0 bridgehead atoms. The summed E-state index contributed by atoms with van der Waals surface area (Å²) < 4.78 is 5.13. The van der Waals surface area contributed by atoms with Crippen molar-refractivity contribution in [2.24, 2.45) is 5.73 Å². The zero-order valence-corrected chi connectivity index (χ0v) is 8.53. The van der Waals surface area contributed by atoms with E-state index in [4.69, 9.17) is 15.9 Å². The zero-order chi connectivity index (χ0) is 11.1. The maximum atomic E-state index is 11.5. The highest BCUT2D eigenvalue weighted by molar-refractivity contribution is 5.88. The third-order valence-corrected chi connectivity index (χ3v) is 2.00. The van der Waals surface area contributed by atoms with Gasteiger partial charge in [-0.2, -0.15) is 0 Å². The van der Waals surface area contributed by atoms with Crippen molar-refractivity contribution >= 4 is 11.7 Å². The van der Waals surface area contributed by atoms with Gasteiger partial charge in [-0.15, -0.1) is 0 Å². The molecule has 15 heavy (non-hydrogen) atoms. The van der Waals surface area contributed by atoms with Gasteiger partial charge < -0.3 is 20.7 Å². The van der Waals surface area contributed by atoms with Crippen LogP contribution in [0.3, 0.4) is 0 Å². The average Bonchev–Trinajstić information content (AvgIpc) is 2.25. The number of amidine groups is 1. The maximum absolute atomic E-state index is 11.5. The molecule has 1 aliphatic rings. The smallest absolute Gasteiger partial charge is 0.242 e. The number of hydrogen-bond acceptors (Lipinski definition) is 4. The molecule has 1 amide bonds. The van der Waals surface area contributed by atoms with Crippen LogP contribution in [0.5, 0.6) is 0 Å². The molecule has 0 saturated carbocycles. The van der Waals surface area contributed by atoms with E-state index in [1.54, 1.807) is 4.90 Å². The molecule has 1 fully saturated rings. The fourth-order valence-electron chi connectivity index (χ4n) is 1.22. The summed E-state index contributed by atoms with van der Waals surface area (Å²) in [6.45, 7) is 2.74. The molecule has 1 saturated heterocycles. The Labute approximate surface area is 88.6 Å². The molecule has 0 radical (unpaired) electrons. The normalized spacial score (nSPS) is 16.7. The standard InChI is InChI=1S/C9H16N4O2/c10-8(11)1-2-12-7-9(14)13-3-5-15-6-4-13/h1-2,12H,3-7H2,(H3,10,11)/b2-1-. The summed E-state index contributed by atoms with van der Waals surface area (Å²) in [5.74, 6) is -0.00664. The molecule has 6 nitrogen and oxygen atoms in total. The van der Waals surface area contributed by atoms with Crippen molar-refractivity contribution in [2.45, 2.75) is 0 Å². The summed E-state index contributed by atoms with van der Waals surface area (Å²) in [4.78, 5) is 13.3. The number of carbonyl (C=O) groups is 1. The third-order valence-electron chi connectivity index (χ3n) is 2.00. The highest BCUT2D eigenvalue weighted by Crippen LogP contribution is 1.96. The lowest BCUT2D eigenvalue weighted by Gasteiger charge is -2.26. The Morgan fingerprint density at radius 1 is 1.53 bits per heavy atom. The first-order valence-corrected chi connectivity index (χ1v) is 4.79. The van der Waals surface area contributed by atoms with Gasteiger partial charge in [0.2, 0.25) is 5.91 Å². The molecule has 0 spiro atoms. The van der Waals surface area contributed by atoms with Crippen LogP contribution in [0.25, 0.3) is 0 Å². The average molecular weight is 212 g/mol. The van der Waals surface area contributed by atoms with Crippen LogP contribution in [-0.4, -0.2) is 49.5 Å². The van der Waals surface area contributed by atoms with Crippen LogP contribution < -0.4 is 11.1 Å². The number of nitrogens with one attached hydrogen (secondary N) is 2. The van der Waals surface area contributed by atoms with Gasteiger partial charge in [0.05, 0.1) is 19.8 Å². The van der Waals surface area contributed by atoms with E-state index in [1.165, 1.54) is 12.3 Å². The van der Waals surface area contributed by atoms with Crippen molar-refractivity contribution < 1.29 is 9.53 Å². The lowest BCUT2D eigenvalue weighted by atomic mass is 10.4. The van der Waals surface area contributed by atoms with E-state index in [0.29, 0.717) is 26.3 Å². The Kier molecular flexibility index (Phi) is 4.62. The first-order chi connectivity index (χ1) is 7.20. The molecule has 6 heteroatoms. The Bertz CT molecular complexity index is 259. The Morgan fingerprint density at radius 3 is 2.80 bits per heavy atom. The lowest BCUT2D eigenvalue weighted by molar-refractivity contribution is -0.134. The highest BCUT2D eigenvalue weighted by atomic mass is 16.5. The fraction of sp³-hybridized carbons (Fsp3) is 0.556. The highest BCUT2D eigenvalue weighted by Gasteiger charge is 2.15. The summed E-state index contributed by atoms with van der Waals surface area (Å²) in [5.41, 5.74) is 5.10. The minimum atomic E-state index is -0.0404. The summed E-state index contributed by atoms with van der Waals surface area (Å²) >= 11 is 0. The summed E-state index contributed by atoms with van der Waals surface area (Å²) in [6, 6.07) is 0. The van der Waals surface area contributed by atoms with Crippen molar-refractivity contribution in [3.8, 4) is 0 Å². The second-order valence-corrected chi connectivity index (χ2v) is 3.16. The zero-order valence-electron chi connectivity index (χ0n) is 8.53. The number of rotatable bonds is 4.